The molecule has 0 aliphatic carbocycles. The van der Waals surface area contributed by atoms with Gasteiger partial charge < -0.3 is 15.6 Å². The summed E-state index contributed by atoms with van der Waals surface area (Å²) < 4.78 is 4.70. The largest absolute Gasteiger partial charge is 0.368 e. The quantitative estimate of drug-likeness (QED) is 0.645. The minimum absolute atomic E-state index is 0.404. The number of aliphatic hydroxyl groups excluding tert-OH is 1. The lowest BCUT2D eigenvalue weighted by Gasteiger charge is -2.07. The highest BCUT2D eigenvalue weighted by atomic mass is 16.6. The number of methoxy groups -OCH3 is 1. The molecule has 4 nitrogen and oxygen atoms in total. The van der Waals surface area contributed by atoms with Crippen LogP contribution in [0.1, 0.15) is 11.3 Å². The van der Waals surface area contributed by atoms with Gasteiger partial charge in [0, 0.05) is 32.0 Å². The number of pyridine rings is 1. The first-order valence-electron chi connectivity index (χ1n) is 4.11. The standard InChI is InChI=1S/C9H14N2O2/c1-13-9(12)4-8-3-2-7(5-10)6-11-8/h2-3,6,9,12H,4-5,10H2,1H3. The smallest absolute Gasteiger partial charge is 0.159 e. The Morgan fingerprint density at radius 1 is 1.62 bits per heavy atom. The van der Waals surface area contributed by atoms with Crippen LogP contribution in [0.15, 0.2) is 18.3 Å². The van der Waals surface area contributed by atoms with Crippen LogP contribution in [0.25, 0.3) is 0 Å². The van der Waals surface area contributed by atoms with Gasteiger partial charge in [0.25, 0.3) is 0 Å². The van der Waals surface area contributed by atoms with Crippen LogP contribution in [0.4, 0.5) is 0 Å². The van der Waals surface area contributed by atoms with Crippen molar-refractivity contribution in [2.75, 3.05) is 7.11 Å². The van der Waals surface area contributed by atoms with Crippen LogP contribution in [0.5, 0.6) is 0 Å². The monoisotopic (exact) mass is 182 g/mol. The van der Waals surface area contributed by atoms with Gasteiger partial charge in [-0.3, -0.25) is 4.98 Å². The first-order chi connectivity index (χ1) is 6.26. The van der Waals surface area contributed by atoms with Crippen LogP contribution in [0, 0.1) is 0 Å². The van der Waals surface area contributed by atoms with Gasteiger partial charge in [-0.05, 0) is 11.6 Å². The molecular formula is C9H14N2O2. The third kappa shape index (κ3) is 3.10. The summed E-state index contributed by atoms with van der Waals surface area (Å²) in [5.74, 6) is 0. The first-order valence-corrected chi connectivity index (χ1v) is 4.11. The fraction of sp³-hybridized carbons (Fsp3) is 0.444. The number of aromatic nitrogens is 1. The minimum Gasteiger partial charge on any atom is -0.368 e. The molecule has 72 valence electrons. The second kappa shape index (κ2) is 4.91. The van der Waals surface area contributed by atoms with Gasteiger partial charge in [0.15, 0.2) is 6.29 Å². The van der Waals surface area contributed by atoms with Crippen molar-refractivity contribution in [2.45, 2.75) is 19.3 Å². The van der Waals surface area contributed by atoms with Crippen LogP contribution in [0.2, 0.25) is 0 Å². The lowest BCUT2D eigenvalue weighted by atomic mass is 10.2. The molecule has 0 spiro atoms. The van der Waals surface area contributed by atoms with Gasteiger partial charge in [-0.25, -0.2) is 0 Å². The fourth-order valence-electron chi connectivity index (χ4n) is 0.959. The molecular weight excluding hydrogens is 168 g/mol. The molecule has 1 rings (SSSR count). The zero-order valence-corrected chi connectivity index (χ0v) is 7.60. The van der Waals surface area contributed by atoms with Crippen LogP contribution in [-0.2, 0) is 17.7 Å². The van der Waals surface area contributed by atoms with E-state index in [-0.39, 0.29) is 0 Å². The van der Waals surface area contributed by atoms with Gasteiger partial charge in [0.1, 0.15) is 0 Å². The van der Waals surface area contributed by atoms with E-state index in [4.69, 9.17) is 15.6 Å². The average molecular weight is 182 g/mol. The molecule has 3 N–H and O–H groups in total. The Bertz CT molecular complexity index is 248. The normalized spacial score (nSPS) is 12.8. The van der Waals surface area contributed by atoms with Crippen molar-refractivity contribution in [2.24, 2.45) is 5.73 Å². The SMILES string of the molecule is COC(O)Cc1ccc(CN)cn1. The summed E-state index contributed by atoms with van der Waals surface area (Å²) in [6, 6.07) is 3.73. The van der Waals surface area contributed by atoms with Crippen molar-refractivity contribution in [1.29, 1.82) is 0 Å². The molecule has 1 atom stereocenters. The van der Waals surface area contributed by atoms with Crippen molar-refractivity contribution in [3.8, 4) is 0 Å². The molecule has 1 heterocycles. The lowest BCUT2D eigenvalue weighted by molar-refractivity contribution is -0.0726. The molecule has 0 aliphatic rings. The summed E-state index contributed by atoms with van der Waals surface area (Å²) >= 11 is 0. The van der Waals surface area contributed by atoms with Gasteiger partial charge in [-0.1, -0.05) is 6.07 Å². The second-order valence-electron chi connectivity index (χ2n) is 2.76. The number of ether oxygens (including phenoxy) is 1. The highest BCUT2D eigenvalue weighted by molar-refractivity contribution is 5.13. The summed E-state index contributed by atoms with van der Waals surface area (Å²) in [5.41, 5.74) is 7.19. The number of nitrogens with two attached hydrogens (primary N) is 1. The van der Waals surface area contributed by atoms with Crippen molar-refractivity contribution in [1.82, 2.24) is 4.98 Å². The summed E-state index contributed by atoms with van der Waals surface area (Å²) in [4.78, 5) is 4.12. The molecule has 0 fully saturated rings. The van der Waals surface area contributed by atoms with E-state index in [1.165, 1.54) is 7.11 Å². The lowest BCUT2D eigenvalue weighted by Crippen LogP contribution is -2.13. The predicted octanol–water partition coefficient (Wildman–Crippen LogP) is 0.0476. The highest BCUT2D eigenvalue weighted by Gasteiger charge is 2.03. The Balaban J connectivity index is 2.58. The van der Waals surface area contributed by atoms with Crippen LogP contribution in [-0.4, -0.2) is 23.5 Å². The molecule has 0 amide bonds. The van der Waals surface area contributed by atoms with E-state index < -0.39 is 6.29 Å². The number of hydrogen-bond donors (Lipinski definition) is 2. The predicted molar refractivity (Wildman–Crippen MR) is 48.8 cm³/mol. The van der Waals surface area contributed by atoms with Gasteiger partial charge in [0.05, 0.1) is 0 Å². The fourth-order valence-corrected chi connectivity index (χ4v) is 0.959. The maximum atomic E-state index is 9.15. The third-order valence-corrected chi connectivity index (χ3v) is 1.78. The Kier molecular flexibility index (Phi) is 3.82. The number of nitrogens with zero attached hydrogens (tertiary/aromatic N) is 1. The molecule has 0 saturated carbocycles. The zero-order chi connectivity index (χ0) is 9.68. The maximum absolute atomic E-state index is 9.15. The van der Waals surface area contributed by atoms with E-state index >= 15 is 0 Å². The van der Waals surface area contributed by atoms with Gasteiger partial charge in [-0.15, -0.1) is 0 Å². The van der Waals surface area contributed by atoms with E-state index in [1.54, 1.807) is 6.20 Å². The van der Waals surface area contributed by atoms with Gasteiger partial charge in [-0.2, -0.15) is 0 Å². The van der Waals surface area contributed by atoms with Crippen molar-refractivity contribution >= 4 is 0 Å². The molecule has 13 heavy (non-hydrogen) atoms. The highest BCUT2D eigenvalue weighted by Crippen LogP contribution is 2.02. The molecule has 1 aromatic rings. The first kappa shape index (κ1) is 10.1. The molecule has 0 bridgehead atoms. The van der Waals surface area contributed by atoms with E-state index in [1.807, 2.05) is 12.1 Å². The molecule has 0 aromatic carbocycles. The van der Waals surface area contributed by atoms with Crippen molar-refractivity contribution in [3.63, 3.8) is 0 Å². The van der Waals surface area contributed by atoms with E-state index in [2.05, 4.69) is 4.98 Å². The summed E-state index contributed by atoms with van der Waals surface area (Å²) in [6.45, 7) is 0.486. The summed E-state index contributed by atoms with van der Waals surface area (Å²) in [7, 11) is 1.46. The van der Waals surface area contributed by atoms with Gasteiger partial charge in [0.2, 0.25) is 0 Å². The van der Waals surface area contributed by atoms with Crippen LogP contribution in [0.3, 0.4) is 0 Å². The van der Waals surface area contributed by atoms with Crippen molar-refractivity contribution in [3.05, 3.63) is 29.6 Å². The molecule has 0 saturated heterocycles. The number of rotatable bonds is 4. The maximum Gasteiger partial charge on any atom is 0.159 e. The Labute approximate surface area is 77.4 Å². The zero-order valence-electron chi connectivity index (χ0n) is 7.60. The van der Waals surface area contributed by atoms with Crippen LogP contribution < -0.4 is 5.73 Å². The van der Waals surface area contributed by atoms with E-state index in [0.29, 0.717) is 13.0 Å². The summed E-state index contributed by atoms with van der Waals surface area (Å²) in [6.07, 6.45) is 1.33. The van der Waals surface area contributed by atoms with E-state index in [9.17, 15) is 0 Å². The van der Waals surface area contributed by atoms with Crippen LogP contribution >= 0.6 is 0 Å². The molecule has 4 heteroatoms. The number of aliphatic hydroxyl groups is 1. The Morgan fingerprint density at radius 3 is 2.85 bits per heavy atom. The topological polar surface area (TPSA) is 68.4 Å². The minimum atomic E-state index is -0.781. The summed E-state index contributed by atoms with van der Waals surface area (Å²) in [5, 5.41) is 9.15. The second-order valence-corrected chi connectivity index (χ2v) is 2.76. The Morgan fingerprint density at radius 2 is 2.38 bits per heavy atom. The molecule has 1 aromatic heterocycles. The Hall–Kier alpha value is -0.970. The third-order valence-electron chi connectivity index (χ3n) is 1.78. The molecule has 0 radical (unpaired) electrons. The van der Waals surface area contributed by atoms with E-state index in [0.717, 1.165) is 11.3 Å². The number of hydrogen-bond acceptors (Lipinski definition) is 4. The average Bonchev–Trinajstić information content (AvgIpc) is 2.19. The molecule has 1 unspecified atom stereocenters. The van der Waals surface area contributed by atoms with Crippen molar-refractivity contribution < 1.29 is 9.84 Å². The van der Waals surface area contributed by atoms with Gasteiger partial charge >= 0.3 is 0 Å². The molecule has 0 aliphatic heterocycles.